The molecule has 1 amide bonds. The first-order chi connectivity index (χ1) is 9.49. The number of ether oxygens (including phenoxy) is 1. The van der Waals surface area contributed by atoms with Crippen LogP contribution in [0.1, 0.15) is 31.1 Å². The van der Waals surface area contributed by atoms with E-state index in [-0.39, 0.29) is 11.9 Å². The zero-order valence-electron chi connectivity index (χ0n) is 12.7. The van der Waals surface area contributed by atoms with Gasteiger partial charge >= 0.3 is 0 Å². The fourth-order valence-corrected chi connectivity index (χ4v) is 1.86. The molecule has 0 fully saturated rings. The second-order valence-corrected chi connectivity index (χ2v) is 5.04. The quantitative estimate of drug-likeness (QED) is 0.668. The van der Waals surface area contributed by atoms with Crippen LogP contribution in [0.5, 0.6) is 0 Å². The highest BCUT2D eigenvalue weighted by Crippen LogP contribution is 2.22. The highest BCUT2D eigenvalue weighted by Gasteiger charge is 2.17. The van der Waals surface area contributed by atoms with Gasteiger partial charge in [0, 0.05) is 25.0 Å². The number of benzene rings is 1. The van der Waals surface area contributed by atoms with Gasteiger partial charge in [0.25, 0.3) is 5.91 Å². The summed E-state index contributed by atoms with van der Waals surface area (Å²) in [5, 5.41) is 6.01. The molecule has 1 rings (SSSR count). The van der Waals surface area contributed by atoms with Crippen molar-refractivity contribution < 1.29 is 9.53 Å². The van der Waals surface area contributed by atoms with Crippen LogP contribution in [0.4, 0.5) is 11.4 Å². The van der Waals surface area contributed by atoms with Gasteiger partial charge in [-0.05, 0) is 31.0 Å². The Morgan fingerprint density at radius 3 is 2.65 bits per heavy atom. The summed E-state index contributed by atoms with van der Waals surface area (Å²) < 4.78 is 5.49. The standard InChI is InChI=1S/C15H25N3O2/c1-5-20-9-14(10(2)3)18-13-8-11(16)6-7-12(13)15(19)17-4/h6-8,10,14,18H,5,9,16H2,1-4H3,(H,17,19). The van der Waals surface area contributed by atoms with Crippen LogP contribution in [0.2, 0.25) is 0 Å². The summed E-state index contributed by atoms with van der Waals surface area (Å²) in [5.74, 6) is 0.243. The van der Waals surface area contributed by atoms with Crippen LogP contribution < -0.4 is 16.4 Å². The Hall–Kier alpha value is -1.75. The van der Waals surface area contributed by atoms with Gasteiger partial charge in [-0.25, -0.2) is 0 Å². The Labute approximate surface area is 120 Å². The van der Waals surface area contributed by atoms with Gasteiger partial charge in [-0.1, -0.05) is 13.8 Å². The van der Waals surface area contributed by atoms with E-state index in [0.29, 0.717) is 30.4 Å². The number of hydrogen-bond donors (Lipinski definition) is 3. The number of hydrogen-bond acceptors (Lipinski definition) is 4. The molecule has 0 heterocycles. The van der Waals surface area contributed by atoms with Crippen molar-refractivity contribution in [2.45, 2.75) is 26.8 Å². The third kappa shape index (κ3) is 4.42. The third-order valence-corrected chi connectivity index (χ3v) is 3.16. The molecule has 0 radical (unpaired) electrons. The van der Waals surface area contributed by atoms with E-state index in [1.165, 1.54) is 0 Å². The second kappa shape index (κ2) is 7.75. The lowest BCUT2D eigenvalue weighted by atomic mass is 10.0. The molecule has 1 aromatic rings. The normalized spacial score (nSPS) is 12.2. The molecule has 4 N–H and O–H groups in total. The van der Waals surface area contributed by atoms with E-state index in [1.807, 2.05) is 6.92 Å². The van der Waals surface area contributed by atoms with E-state index in [4.69, 9.17) is 10.5 Å². The molecule has 112 valence electrons. The Morgan fingerprint density at radius 2 is 2.10 bits per heavy atom. The summed E-state index contributed by atoms with van der Waals surface area (Å²) in [6, 6.07) is 5.36. The third-order valence-electron chi connectivity index (χ3n) is 3.16. The molecular formula is C15H25N3O2. The van der Waals surface area contributed by atoms with Crippen LogP contribution in [0, 0.1) is 5.92 Å². The highest BCUT2D eigenvalue weighted by atomic mass is 16.5. The number of rotatable bonds is 7. The van der Waals surface area contributed by atoms with Gasteiger partial charge < -0.3 is 21.1 Å². The summed E-state index contributed by atoms with van der Waals surface area (Å²) in [4.78, 5) is 11.9. The van der Waals surface area contributed by atoms with Gasteiger partial charge in [-0.15, -0.1) is 0 Å². The summed E-state index contributed by atoms with van der Waals surface area (Å²) in [7, 11) is 1.61. The number of nitrogens with two attached hydrogens (primary N) is 1. The topological polar surface area (TPSA) is 76.4 Å². The van der Waals surface area contributed by atoms with E-state index in [2.05, 4.69) is 24.5 Å². The molecule has 5 heteroatoms. The summed E-state index contributed by atoms with van der Waals surface area (Å²) >= 11 is 0. The predicted molar refractivity (Wildman–Crippen MR) is 83.0 cm³/mol. The average Bonchev–Trinajstić information content (AvgIpc) is 2.42. The predicted octanol–water partition coefficient (Wildman–Crippen LogP) is 2.10. The van der Waals surface area contributed by atoms with Crippen LogP contribution in [-0.4, -0.2) is 32.2 Å². The maximum atomic E-state index is 11.9. The lowest BCUT2D eigenvalue weighted by Crippen LogP contribution is -2.32. The van der Waals surface area contributed by atoms with Gasteiger partial charge in [-0.3, -0.25) is 4.79 Å². The van der Waals surface area contributed by atoms with Crippen molar-refractivity contribution in [1.82, 2.24) is 5.32 Å². The Bertz CT molecular complexity index is 447. The maximum Gasteiger partial charge on any atom is 0.253 e. The largest absolute Gasteiger partial charge is 0.399 e. The molecule has 0 saturated heterocycles. The van der Waals surface area contributed by atoms with Crippen molar-refractivity contribution in [2.75, 3.05) is 31.3 Å². The van der Waals surface area contributed by atoms with Crippen molar-refractivity contribution in [3.8, 4) is 0 Å². The van der Waals surface area contributed by atoms with E-state index in [9.17, 15) is 4.79 Å². The van der Waals surface area contributed by atoms with Crippen molar-refractivity contribution in [3.05, 3.63) is 23.8 Å². The lowest BCUT2D eigenvalue weighted by Gasteiger charge is -2.24. The first kappa shape index (κ1) is 16.3. The number of nitrogen functional groups attached to an aromatic ring is 1. The second-order valence-electron chi connectivity index (χ2n) is 5.04. The minimum absolute atomic E-state index is 0.125. The number of carbonyl (C=O) groups is 1. The molecule has 1 aromatic carbocycles. The van der Waals surface area contributed by atoms with E-state index in [1.54, 1.807) is 25.2 Å². The fraction of sp³-hybridized carbons (Fsp3) is 0.533. The molecule has 0 aliphatic carbocycles. The van der Waals surface area contributed by atoms with Gasteiger partial charge in [-0.2, -0.15) is 0 Å². The fourth-order valence-electron chi connectivity index (χ4n) is 1.86. The van der Waals surface area contributed by atoms with Crippen molar-refractivity contribution in [3.63, 3.8) is 0 Å². The molecule has 0 aliphatic rings. The van der Waals surface area contributed by atoms with Crippen LogP contribution in [0.15, 0.2) is 18.2 Å². The monoisotopic (exact) mass is 279 g/mol. The molecule has 0 saturated carbocycles. The van der Waals surface area contributed by atoms with Gasteiger partial charge in [0.2, 0.25) is 0 Å². The Balaban J connectivity index is 2.98. The molecule has 1 atom stereocenters. The summed E-state index contributed by atoms with van der Waals surface area (Å²) in [6.07, 6.45) is 0. The smallest absolute Gasteiger partial charge is 0.253 e. The SMILES string of the molecule is CCOCC(Nc1cc(N)ccc1C(=O)NC)C(C)C. The molecule has 1 unspecified atom stereocenters. The Kier molecular flexibility index (Phi) is 6.31. The number of carbonyl (C=O) groups excluding carboxylic acids is 1. The number of nitrogens with one attached hydrogen (secondary N) is 2. The highest BCUT2D eigenvalue weighted by molar-refractivity contribution is 6.00. The van der Waals surface area contributed by atoms with Crippen molar-refractivity contribution in [1.29, 1.82) is 0 Å². The average molecular weight is 279 g/mol. The van der Waals surface area contributed by atoms with Crippen molar-refractivity contribution >= 4 is 17.3 Å². The summed E-state index contributed by atoms with van der Waals surface area (Å²) in [5.41, 5.74) is 7.77. The number of amides is 1. The Morgan fingerprint density at radius 1 is 1.40 bits per heavy atom. The van der Waals surface area contributed by atoms with Crippen LogP contribution >= 0.6 is 0 Å². The molecule has 5 nitrogen and oxygen atoms in total. The molecule has 0 bridgehead atoms. The molecule has 20 heavy (non-hydrogen) atoms. The number of anilines is 2. The van der Waals surface area contributed by atoms with E-state index < -0.39 is 0 Å². The molecule has 0 spiro atoms. The zero-order chi connectivity index (χ0) is 15.1. The lowest BCUT2D eigenvalue weighted by molar-refractivity contribution is 0.0963. The van der Waals surface area contributed by atoms with E-state index >= 15 is 0 Å². The van der Waals surface area contributed by atoms with Gasteiger partial charge in [0.15, 0.2) is 0 Å². The molecule has 0 aliphatic heterocycles. The molecule has 0 aromatic heterocycles. The molecular weight excluding hydrogens is 254 g/mol. The van der Waals surface area contributed by atoms with Crippen LogP contribution in [-0.2, 0) is 4.74 Å². The minimum Gasteiger partial charge on any atom is -0.399 e. The van der Waals surface area contributed by atoms with Gasteiger partial charge in [0.05, 0.1) is 18.2 Å². The first-order valence-electron chi connectivity index (χ1n) is 6.95. The van der Waals surface area contributed by atoms with Crippen molar-refractivity contribution in [2.24, 2.45) is 5.92 Å². The maximum absolute atomic E-state index is 11.9. The summed E-state index contributed by atoms with van der Waals surface area (Å²) in [6.45, 7) is 7.46. The van der Waals surface area contributed by atoms with Crippen LogP contribution in [0.3, 0.4) is 0 Å². The first-order valence-corrected chi connectivity index (χ1v) is 6.95. The van der Waals surface area contributed by atoms with Gasteiger partial charge in [0.1, 0.15) is 0 Å². The van der Waals surface area contributed by atoms with Crippen LogP contribution in [0.25, 0.3) is 0 Å². The zero-order valence-corrected chi connectivity index (χ0v) is 12.7. The minimum atomic E-state index is -0.133. The van der Waals surface area contributed by atoms with E-state index in [0.717, 1.165) is 5.69 Å².